The lowest BCUT2D eigenvalue weighted by Crippen LogP contribution is -2.24. The van der Waals surface area contributed by atoms with E-state index < -0.39 is 0 Å². The van der Waals surface area contributed by atoms with Crippen LogP contribution in [0.3, 0.4) is 0 Å². The van der Waals surface area contributed by atoms with Crippen LogP contribution in [0.15, 0.2) is 92.0 Å². The fraction of sp³-hybridized carbons (Fsp3) is 0.133. The average molecular weight is 434 g/mol. The van der Waals surface area contributed by atoms with Gasteiger partial charge in [0.2, 0.25) is 0 Å². The van der Waals surface area contributed by atoms with Gasteiger partial charge in [-0.3, -0.25) is 0 Å². The molecule has 158 valence electrons. The zero-order valence-corrected chi connectivity index (χ0v) is 19.3. The molecule has 5 rings (SSSR count). The zero-order chi connectivity index (χ0) is 22.3. The van der Waals surface area contributed by atoms with Crippen LogP contribution in [-0.4, -0.2) is 0 Å². The number of fused-ring (bicyclic) bond motifs is 4. The first-order valence-electron chi connectivity index (χ1n) is 11.1. The molecule has 2 heteroatoms. The Kier molecular flexibility index (Phi) is 5.11. The van der Waals surface area contributed by atoms with Gasteiger partial charge >= 0.3 is 0 Å². The lowest BCUT2D eigenvalue weighted by atomic mass is 9.73. The number of anilines is 1. The standard InChI is InChI=1S/C30H27NS/c1-5-18-30(7-3)25-14-10-8-13-23(25)24-17-16-21(19-26(24)30)31-27(6-2)29-20(4)22-12-9-11-15-28(22)32-29/h5-6,8-17,19,31H,1-2,4,7,18H2,3H3/b29-27-. The van der Waals surface area contributed by atoms with E-state index >= 15 is 0 Å². The summed E-state index contributed by atoms with van der Waals surface area (Å²) in [5.74, 6) is 0. The molecule has 1 N–H and O–H groups in total. The van der Waals surface area contributed by atoms with Crippen molar-refractivity contribution in [2.45, 2.75) is 25.2 Å². The molecule has 1 heterocycles. The summed E-state index contributed by atoms with van der Waals surface area (Å²) in [5, 5.41) is 5.91. The maximum atomic E-state index is 4.36. The molecule has 1 unspecified atom stereocenters. The van der Waals surface area contributed by atoms with Gasteiger partial charge in [0.15, 0.2) is 0 Å². The number of hydrogen-bond donors (Lipinski definition) is 1. The quantitative estimate of drug-likeness (QED) is 0.324. The third-order valence-electron chi connectivity index (χ3n) is 6.79. The Labute approximate surface area is 193 Å². The van der Waals surface area contributed by atoms with Crippen molar-refractivity contribution in [3.8, 4) is 11.1 Å². The smallest absolute Gasteiger partial charge is 0.0584 e. The Bertz CT molecular complexity index is 1470. The highest BCUT2D eigenvalue weighted by atomic mass is 32.1. The second-order valence-electron chi connectivity index (χ2n) is 8.38. The average Bonchev–Trinajstić information content (AvgIpc) is 3.31. The van der Waals surface area contributed by atoms with Crippen molar-refractivity contribution in [3.63, 3.8) is 0 Å². The van der Waals surface area contributed by atoms with Crippen LogP contribution in [0.4, 0.5) is 5.69 Å². The summed E-state index contributed by atoms with van der Waals surface area (Å²) < 4.78 is 2.38. The molecular weight excluding hydrogens is 406 g/mol. The number of thiophene rings is 1. The molecule has 0 bridgehead atoms. The Morgan fingerprint density at radius 2 is 1.72 bits per heavy atom. The maximum Gasteiger partial charge on any atom is 0.0584 e. The number of nitrogens with one attached hydrogen (secondary N) is 1. The summed E-state index contributed by atoms with van der Waals surface area (Å²) in [5.41, 5.74) is 7.50. The van der Waals surface area contributed by atoms with Gasteiger partial charge in [-0.1, -0.05) is 74.7 Å². The van der Waals surface area contributed by atoms with Gasteiger partial charge in [0.05, 0.1) is 10.2 Å². The molecule has 1 nitrogen and oxygen atoms in total. The topological polar surface area (TPSA) is 12.0 Å². The van der Waals surface area contributed by atoms with Crippen LogP contribution < -0.4 is 15.1 Å². The molecule has 0 saturated heterocycles. The van der Waals surface area contributed by atoms with Crippen LogP contribution in [0.25, 0.3) is 33.5 Å². The second-order valence-corrected chi connectivity index (χ2v) is 9.44. The van der Waals surface area contributed by atoms with Gasteiger partial charge in [-0.25, -0.2) is 0 Å². The van der Waals surface area contributed by atoms with Crippen molar-refractivity contribution in [3.05, 3.63) is 113 Å². The molecule has 1 aliphatic rings. The summed E-state index contributed by atoms with van der Waals surface area (Å²) in [4.78, 5) is 0. The predicted molar refractivity (Wildman–Crippen MR) is 142 cm³/mol. The summed E-state index contributed by atoms with van der Waals surface area (Å²) in [6.45, 7) is 14.8. The van der Waals surface area contributed by atoms with Gasteiger partial charge in [-0.05, 0) is 70.0 Å². The van der Waals surface area contributed by atoms with Gasteiger partial charge in [0.25, 0.3) is 0 Å². The van der Waals surface area contributed by atoms with Crippen LogP contribution in [0.2, 0.25) is 0 Å². The molecule has 1 aromatic heterocycles. The number of rotatable bonds is 6. The Morgan fingerprint density at radius 1 is 0.969 bits per heavy atom. The minimum Gasteiger partial charge on any atom is -0.354 e. The van der Waals surface area contributed by atoms with Gasteiger partial charge in [-0.2, -0.15) is 0 Å². The zero-order valence-electron chi connectivity index (χ0n) is 18.4. The van der Waals surface area contributed by atoms with E-state index in [4.69, 9.17) is 0 Å². The largest absolute Gasteiger partial charge is 0.354 e. The molecule has 1 atom stereocenters. The van der Waals surface area contributed by atoms with E-state index in [1.807, 2.05) is 6.08 Å². The van der Waals surface area contributed by atoms with Crippen LogP contribution in [-0.2, 0) is 5.41 Å². The first-order chi connectivity index (χ1) is 15.6. The number of hydrogen-bond acceptors (Lipinski definition) is 2. The Balaban J connectivity index is 1.66. The molecule has 3 aromatic carbocycles. The fourth-order valence-electron chi connectivity index (χ4n) is 5.20. The summed E-state index contributed by atoms with van der Waals surface area (Å²) in [7, 11) is 0. The lowest BCUT2D eigenvalue weighted by Gasteiger charge is -2.30. The van der Waals surface area contributed by atoms with Crippen LogP contribution in [0, 0.1) is 0 Å². The Morgan fingerprint density at radius 3 is 2.47 bits per heavy atom. The van der Waals surface area contributed by atoms with Gasteiger partial charge in [0.1, 0.15) is 0 Å². The van der Waals surface area contributed by atoms with Gasteiger partial charge in [0, 0.05) is 15.8 Å². The minimum atomic E-state index is -0.0329. The van der Waals surface area contributed by atoms with Crippen molar-refractivity contribution in [2.24, 2.45) is 0 Å². The molecule has 0 amide bonds. The van der Waals surface area contributed by atoms with Crippen molar-refractivity contribution < 1.29 is 0 Å². The molecule has 0 fully saturated rings. The molecule has 1 aliphatic carbocycles. The number of benzene rings is 3. The van der Waals surface area contributed by atoms with Gasteiger partial charge in [-0.15, -0.1) is 17.9 Å². The summed E-state index contributed by atoms with van der Waals surface area (Å²) in [6.07, 6.45) is 5.92. The van der Waals surface area contributed by atoms with E-state index in [0.717, 1.165) is 34.0 Å². The lowest BCUT2D eigenvalue weighted by molar-refractivity contribution is 0.516. The van der Waals surface area contributed by atoms with E-state index in [1.165, 1.54) is 32.3 Å². The molecule has 4 aromatic rings. The highest BCUT2D eigenvalue weighted by molar-refractivity contribution is 7.17. The van der Waals surface area contributed by atoms with Crippen molar-refractivity contribution in [2.75, 3.05) is 5.32 Å². The first kappa shape index (κ1) is 20.5. The van der Waals surface area contributed by atoms with E-state index in [1.54, 1.807) is 11.3 Å². The monoisotopic (exact) mass is 433 g/mol. The van der Waals surface area contributed by atoms with E-state index in [9.17, 15) is 0 Å². The van der Waals surface area contributed by atoms with Crippen molar-refractivity contribution in [1.29, 1.82) is 0 Å². The first-order valence-corrected chi connectivity index (χ1v) is 11.9. The summed E-state index contributed by atoms with van der Waals surface area (Å²) in [6, 6.07) is 24.0. The molecule has 32 heavy (non-hydrogen) atoms. The molecule has 0 radical (unpaired) electrons. The predicted octanol–water partition coefficient (Wildman–Crippen LogP) is 6.97. The fourth-order valence-corrected chi connectivity index (χ4v) is 6.34. The van der Waals surface area contributed by atoms with E-state index in [-0.39, 0.29) is 5.41 Å². The second kappa shape index (κ2) is 7.96. The molecule has 0 spiro atoms. The van der Waals surface area contributed by atoms with E-state index in [0.29, 0.717) is 0 Å². The molecular formula is C30H27NS. The van der Waals surface area contributed by atoms with E-state index in [2.05, 4.69) is 105 Å². The molecule has 0 aliphatic heterocycles. The maximum absolute atomic E-state index is 4.36. The minimum absolute atomic E-state index is 0.0329. The normalized spacial score (nSPS) is 17.5. The van der Waals surface area contributed by atoms with Crippen molar-refractivity contribution in [1.82, 2.24) is 0 Å². The SMILES string of the molecule is C=CCC1(CC)c2ccccc2-c2ccc(N/C(C=C)=c3\sc4ccccc4c3=C)cc21. The van der Waals surface area contributed by atoms with Crippen LogP contribution >= 0.6 is 11.3 Å². The highest BCUT2D eigenvalue weighted by Crippen LogP contribution is 2.53. The third-order valence-corrected chi connectivity index (χ3v) is 8.04. The van der Waals surface area contributed by atoms with Crippen molar-refractivity contribution >= 4 is 39.4 Å². The number of allylic oxidation sites excluding steroid dienone is 1. The highest BCUT2D eigenvalue weighted by Gasteiger charge is 2.40. The third kappa shape index (κ3) is 2.98. The van der Waals surface area contributed by atoms with Gasteiger partial charge < -0.3 is 5.32 Å². The summed E-state index contributed by atoms with van der Waals surface area (Å²) >= 11 is 1.76. The van der Waals surface area contributed by atoms with Crippen LogP contribution in [0.1, 0.15) is 30.9 Å². The van der Waals surface area contributed by atoms with Crippen LogP contribution in [0.5, 0.6) is 0 Å². The Hall–Kier alpha value is -3.36. The molecule has 0 saturated carbocycles.